The van der Waals surface area contributed by atoms with Gasteiger partial charge in [-0.3, -0.25) is 0 Å². The Morgan fingerprint density at radius 3 is 2.72 bits per heavy atom. The number of benzene rings is 1. The van der Waals surface area contributed by atoms with E-state index in [1.807, 2.05) is 0 Å². The Bertz CT molecular complexity index is 336. The molecule has 100 valence electrons. The van der Waals surface area contributed by atoms with Gasteiger partial charge in [0, 0.05) is 31.4 Å². The van der Waals surface area contributed by atoms with Gasteiger partial charge in [-0.2, -0.15) is 0 Å². The highest BCUT2D eigenvalue weighted by atomic mass is 15.2. The molecule has 2 rings (SSSR count). The van der Waals surface area contributed by atoms with Gasteiger partial charge in [0.15, 0.2) is 0 Å². The van der Waals surface area contributed by atoms with Crippen molar-refractivity contribution in [2.24, 2.45) is 5.92 Å². The zero-order valence-electron chi connectivity index (χ0n) is 11.7. The second kappa shape index (κ2) is 6.79. The lowest BCUT2D eigenvalue weighted by Crippen LogP contribution is -2.41. The smallest absolute Gasteiger partial charge is 0.0340 e. The summed E-state index contributed by atoms with van der Waals surface area (Å²) in [4.78, 5) is 2.65. The van der Waals surface area contributed by atoms with Crippen LogP contribution < -0.4 is 5.32 Å². The van der Waals surface area contributed by atoms with Crippen molar-refractivity contribution in [3.8, 4) is 0 Å². The van der Waals surface area contributed by atoms with Crippen molar-refractivity contribution in [2.75, 3.05) is 25.0 Å². The van der Waals surface area contributed by atoms with Crippen LogP contribution in [-0.2, 0) is 0 Å². The molecule has 1 heterocycles. The fraction of sp³-hybridized carbons (Fsp3) is 0.625. The van der Waals surface area contributed by atoms with Crippen LogP contribution in [0.25, 0.3) is 0 Å². The molecule has 1 aliphatic heterocycles. The fourth-order valence-corrected chi connectivity index (χ4v) is 2.76. The third kappa shape index (κ3) is 4.02. The first-order chi connectivity index (χ1) is 8.75. The van der Waals surface area contributed by atoms with E-state index in [0.717, 1.165) is 18.5 Å². The van der Waals surface area contributed by atoms with Crippen molar-refractivity contribution in [3.63, 3.8) is 0 Å². The van der Waals surface area contributed by atoms with Crippen LogP contribution in [0.5, 0.6) is 0 Å². The van der Waals surface area contributed by atoms with E-state index in [0.29, 0.717) is 0 Å². The molecule has 1 aromatic rings. The van der Waals surface area contributed by atoms with E-state index in [-0.39, 0.29) is 0 Å². The summed E-state index contributed by atoms with van der Waals surface area (Å²) >= 11 is 0. The van der Waals surface area contributed by atoms with Gasteiger partial charge in [0.25, 0.3) is 0 Å². The molecule has 2 nitrogen and oxygen atoms in total. The van der Waals surface area contributed by atoms with Gasteiger partial charge in [-0.05, 0) is 44.2 Å². The molecule has 0 radical (unpaired) electrons. The van der Waals surface area contributed by atoms with Crippen molar-refractivity contribution < 1.29 is 0 Å². The second-order valence-electron chi connectivity index (χ2n) is 5.67. The minimum absolute atomic E-state index is 0.776. The summed E-state index contributed by atoms with van der Waals surface area (Å²) in [5.74, 6) is 0.878. The van der Waals surface area contributed by atoms with E-state index in [9.17, 15) is 0 Å². The summed E-state index contributed by atoms with van der Waals surface area (Å²) in [6.45, 7) is 8.33. The molecular formula is C16H26N2. The average Bonchev–Trinajstić information content (AvgIpc) is 2.40. The first-order valence-corrected chi connectivity index (χ1v) is 7.28. The van der Waals surface area contributed by atoms with Crippen LogP contribution in [0.15, 0.2) is 30.3 Å². The fourth-order valence-electron chi connectivity index (χ4n) is 2.76. The molecule has 0 saturated carbocycles. The Hall–Kier alpha value is -1.02. The number of hydrogen-bond donors (Lipinski definition) is 1. The molecule has 0 bridgehead atoms. The number of nitrogens with one attached hydrogen (secondary N) is 1. The third-order valence-electron chi connectivity index (χ3n) is 3.97. The summed E-state index contributed by atoms with van der Waals surface area (Å²) in [7, 11) is 0. The van der Waals surface area contributed by atoms with E-state index in [2.05, 4.69) is 54.4 Å². The van der Waals surface area contributed by atoms with Crippen LogP contribution in [0.1, 0.15) is 33.1 Å². The summed E-state index contributed by atoms with van der Waals surface area (Å²) in [6.07, 6.45) is 4.00. The zero-order chi connectivity index (χ0) is 12.8. The van der Waals surface area contributed by atoms with E-state index in [4.69, 9.17) is 0 Å². The minimum Gasteiger partial charge on any atom is -0.385 e. The Morgan fingerprint density at radius 2 is 1.94 bits per heavy atom. The number of rotatable bonds is 5. The van der Waals surface area contributed by atoms with E-state index >= 15 is 0 Å². The largest absolute Gasteiger partial charge is 0.385 e. The second-order valence-corrected chi connectivity index (χ2v) is 5.67. The lowest BCUT2D eigenvalue weighted by Gasteiger charge is -2.36. The molecule has 2 atom stereocenters. The number of piperidine rings is 1. The van der Waals surface area contributed by atoms with Crippen LogP contribution in [-0.4, -0.2) is 30.6 Å². The molecule has 1 fully saturated rings. The molecule has 2 heteroatoms. The molecule has 0 aromatic heterocycles. The maximum absolute atomic E-state index is 3.48. The van der Waals surface area contributed by atoms with Gasteiger partial charge in [-0.1, -0.05) is 25.1 Å². The third-order valence-corrected chi connectivity index (χ3v) is 3.97. The van der Waals surface area contributed by atoms with Gasteiger partial charge in [0.2, 0.25) is 0 Å². The van der Waals surface area contributed by atoms with Crippen molar-refractivity contribution in [2.45, 2.75) is 39.2 Å². The van der Waals surface area contributed by atoms with Gasteiger partial charge in [0.1, 0.15) is 0 Å². The van der Waals surface area contributed by atoms with Crippen LogP contribution in [0.4, 0.5) is 5.69 Å². The predicted molar refractivity (Wildman–Crippen MR) is 79.0 cm³/mol. The maximum Gasteiger partial charge on any atom is 0.0340 e. The number of para-hydroxylation sites is 1. The number of hydrogen-bond acceptors (Lipinski definition) is 2. The first kappa shape index (κ1) is 13.4. The normalized spacial score (nSPS) is 25.0. The highest BCUT2D eigenvalue weighted by Gasteiger charge is 2.21. The van der Waals surface area contributed by atoms with Crippen molar-refractivity contribution in [1.29, 1.82) is 0 Å². The zero-order valence-corrected chi connectivity index (χ0v) is 11.7. The highest BCUT2D eigenvalue weighted by molar-refractivity contribution is 5.42. The Balaban J connectivity index is 1.66. The van der Waals surface area contributed by atoms with Crippen LogP contribution >= 0.6 is 0 Å². The molecule has 1 N–H and O–H groups in total. The number of anilines is 1. The standard InChI is InChI=1S/C16H26N2/c1-14-9-10-15(2)18(13-14)12-6-11-17-16-7-4-3-5-8-16/h3-5,7-8,14-15,17H,6,9-13H2,1-2H3. The van der Waals surface area contributed by atoms with Crippen LogP contribution in [0.2, 0.25) is 0 Å². The molecule has 0 spiro atoms. The Labute approximate surface area is 111 Å². The van der Waals surface area contributed by atoms with E-state index < -0.39 is 0 Å². The minimum atomic E-state index is 0.776. The van der Waals surface area contributed by atoms with Gasteiger partial charge in [0.05, 0.1) is 0 Å². The molecule has 2 unspecified atom stereocenters. The van der Waals surface area contributed by atoms with Crippen molar-refractivity contribution in [3.05, 3.63) is 30.3 Å². The Kier molecular flexibility index (Phi) is 5.06. The summed E-state index contributed by atoms with van der Waals surface area (Å²) in [5.41, 5.74) is 1.23. The monoisotopic (exact) mass is 246 g/mol. The van der Waals surface area contributed by atoms with Crippen LogP contribution in [0.3, 0.4) is 0 Å². The van der Waals surface area contributed by atoms with Crippen molar-refractivity contribution in [1.82, 2.24) is 4.90 Å². The molecule has 1 aromatic carbocycles. The SMILES string of the molecule is CC1CCC(C)N(CCCNc2ccccc2)C1. The van der Waals surface area contributed by atoms with E-state index in [1.165, 1.54) is 38.0 Å². The average molecular weight is 246 g/mol. The van der Waals surface area contributed by atoms with Gasteiger partial charge >= 0.3 is 0 Å². The quantitative estimate of drug-likeness (QED) is 0.798. The maximum atomic E-state index is 3.48. The first-order valence-electron chi connectivity index (χ1n) is 7.28. The van der Waals surface area contributed by atoms with Crippen molar-refractivity contribution >= 4 is 5.69 Å². The predicted octanol–water partition coefficient (Wildman–Crippen LogP) is 3.61. The highest BCUT2D eigenvalue weighted by Crippen LogP contribution is 2.21. The lowest BCUT2D eigenvalue weighted by atomic mass is 9.95. The number of nitrogens with zero attached hydrogens (tertiary/aromatic N) is 1. The molecular weight excluding hydrogens is 220 g/mol. The van der Waals surface area contributed by atoms with E-state index in [1.54, 1.807) is 0 Å². The molecule has 1 aliphatic rings. The van der Waals surface area contributed by atoms with Gasteiger partial charge in [-0.15, -0.1) is 0 Å². The molecule has 18 heavy (non-hydrogen) atoms. The lowest BCUT2D eigenvalue weighted by molar-refractivity contribution is 0.125. The summed E-state index contributed by atoms with van der Waals surface area (Å²) in [5, 5.41) is 3.48. The molecule has 1 saturated heterocycles. The molecule has 0 aliphatic carbocycles. The number of likely N-dealkylation sites (tertiary alicyclic amines) is 1. The Morgan fingerprint density at radius 1 is 1.17 bits per heavy atom. The summed E-state index contributed by atoms with van der Waals surface area (Å²) in [6, 6.07) is 11.3. The topological polar surface area (TPSA) is 15.3 Å². The van der Waals surface area contributed by atoms with Gasteiger partial charge in [-0.25, -0.2) is 0 Å². The van der Waals surface area contributed by atoms with Gasteiger partial charge < -0.3 is 10.2 Å². The molecule has 0 amide bonds. The van der Waals surface area contributed by atoms with Crippen LogP contribution in [0, 0.1) is 5.92 Å². The summed E-state index contributed by atoms with van der Waals surface area (Å²) < 4.78 is 0.